The second-order valence-corrected chi connectivity index (χ2v) is 36.9. The number of carbonyl (C=O) groups is 10. The van der Waals surface area contributed by atoms with Gasteiger partial charge in [0.05, 0.1) is 12.3 Å². The number of H-pyrrole nitrogens is 1. The highest BCUT2D eigenvalue weighted by Gasteiger charge is 2.52. The van der Waals surface area contributed by atoms with Crippen molar-refractivity contribution in [1.82, 2.24) is 34.8 Å². The van der Waals surface area contributed by atoms with Crippen LogP contribution in [-0.4, -0.2) is 224 Å². The van der Waals surface area contributed by atoms with Gasteiger partial charge in [-0.3, -0.25) is 48.4 Å². The normalized spacial score (nSPS) is 21.3. The number of aromatic nitrogens is 3. The van der Waals surface area contributed by atoms with Gasteiger partial charge in [-0.25, -0.2) is 14.6 Å². The Hall–Kier alpha value is -11.2. The third-order valence-corrected chi connectivity index (χ3v) is 30.1. The number of allylic oxidation sites excluding steroid dienone is 4. The fourth-order valence-corrected chi connectivity index (χ4v) is 22.6. The van der Waals surface area contributed by atoms with Gasteiger partial charge in [0.1, 0.15) is 70.8 Å². The first kappa shape index (κ1) is 82.8. The fourth-order valence-electron chi connectivity index (χ4n) is 17.6. The number of amides is 2. The van der Waals surface area contributed by atoms with Crippen molar-refractivity contribution in [2.75, 3.05) is 108 Å². The number of ether oxygens (including phenoxy) is 7. The van der Waals surface area contributed by atoms with Crippen molar-refractivity contribution in [2.24, 2.45) is 0 Å². The SMILES string of the molecule is CN(C)c1cccc(OC(=O)N2CCC3(CC2)CSC2=C(O3)c3ccccc3C(=O)C2=O)c1.O=C1C(=O)c2ccccc2C2=C1SCC1(CCN(C(=O)Oc3ccccn3)CC1)O2.O=C1C(=O)c2ccccc2C2=C1SCC1(CCN(CC3CCCO3)CC1)O2.O=C1C(=O)c2ccccc2C2=C1SCC1(CCN(Cc3ccc(-c4cn[nH]c4)cc3)CC1)O2. The summed E-state index contributed by atoms with van der Waals surface area (Å²) in [5.41, 5.74) is 7.53. The highest BCUT2D eigenvalue weighted by molar-refractivity contribution is 8.05. The molecule has 0 radical (unpaired) electrons. The van der Waals surface area contributed by atoms with Crippen LogP contribution in [0, 0.1) is 0 Å². The minimum atomic E-state index is -0.500. The van der Waals surface area contributed by atoms with Gasteiger partial charge in [-0.1, -0.05) is 133 Å². The van der Waals surface area contributed by atoms with Crippen LogP contribution in [0.2, 0.25) is 0 Å². The van der Waals surface area contributed by atoms with Crippen LogP contribution in [0.5, 0.6) is 11.6 Å². The molecule has 8 aromatic rings. The first-order valence-corrected chi connectivity index (χ1v) is 45.4. The molecule has 4 spiro atoms. The molecule has 630 valence electrons. The highest BCUT2D eigenvalue weighted by Crippen LogP contribution is 2.53. The van der Waals surface area contributed by atoms with Crippen LogP contribution in [0.4, 0.5) is 15.3 Å². The lowest BCUT2D eigenvalue weighted by Gasteiger charge is -2.45. The third-order valence-electron chi connectivity index (χ3n) is 24.8. The molecule has 1 N–H and O–H groups in total. The van der Waals surface area contributed by atoms with Crippen molar-refractivity contribution in [2.45, 2.75) is 99.3 Å². The summed E-state index contributed by atoms with van der Waals surface area (Å²) in [5.74, 6) is 1.94. The number of benzene rings is 6. The maximum Gasteiger partial charge on any atom is 0.416 e. The molecule has 4 aliphatic carbocycles. The molecule has 21 rings (SSSR count). The first-order chi connectivity index (χ1) is 59.7. The molecule has 6 aromatic carbocycles. The Morgan fingerprint density at radius 2 is 0.846 bits per heavy atom. The smallest absolute Gasteiger partial charge is 0.416 e. The van der Waals surface area contributed by atoms with E-state index in [1.54, 1.807) is 88.8 Å². The van der Waals surface area contributed by atoms with Gasteiger partial charge in [0.15, 0.2) is 0 Å². The number of anilines is 1. The Bertz CT molecular complexity index is 5710. The average molecular weight is 1730 g/mol. The van der Waals surface area contributed by atoms with E-state index < -0.39 is 63.6 Å². The zero-order chi connectivity index (χ0) is 84.7. The van der Waals surface area contributed by atoms with E-state index >= 15 is 0 Å². The number of ketones is 8. The maximum absolute atomic E-state index is 12.7. The molecule has 13 aliphatic rings. The number of pyridine rings is 1. The molecule has 0 bridgehead atoms. The molecule has 2 amide bonds. The topological polar surface area (TPSA) is 293 Å². The Kier molecular flexibility index (Phi) is 23.5. The predicted molar refractivity (Wildman–Crippen MR) is 468 cm³/mol. The molecule has 5 saturated heterocycles. The monoisotopic (exact) mass is 1730 g/mol. The molecule has 9 aliphatic heterocycles. The number of nitrogens with zero attached hydrogens (tertiary/aromatic N) is 7. The first-order valence-electron chi connectivity index (χ1n) is 41.4. The number of likely N-dealkylation sites (tertiary alicyclic amines) is 4. The molecule has 11 heterocycles. The lowest BCUT2D eigenvalue weighted by atomic mass is 9.90. The molecule has 2 aromatic heterocycles. The van der Waals surface area contributed by atoms with E-state index in [1.165, 1.54) is 59.0 Å². The van der Waals surface area contributed by atoms with Gasteiger partial charge in [0.2, 0.25) is 52.1 Å². The van der Waals surface area contributed by atoms with Crippen LogP contribution in [-0.2, 0) is 49.4 Å². The molecule has 25 nitrogen and oxygen atoms in total. The number of thioether (sulfide) groups is 4. The van der Waals surface area contributed by atoms with Crippen LogP contribution in [0.1, 0.15) is 133 Å². The molecule has 123 heavy (non-hydrogen) atoms. The fraction of sp³-hybridized carbons (Fsp3) is 0.340. The average Bonchev–Trinajstić information content (AvgIpc) is 1.03. The van der Waals surface area contributed by atoms with E-state index in [-0.39, 0.29) is 23.2 Å². The highest BCUT2D eigenvalue weighted by atomic mass is 32.2. The second kappa shape index (κ2) is 34.9. The zero-order valence-electron chi connectivity index (χ0n) is 67.8. The number of piperidine rings is 4. The van der Waals surface area contributed by atoms with Crippen LogP contribution in [0.3, 0.4) is 0 Å². The molecular weight excluding hydrogens is 1640 g/mol. The molecule has 0 saturated carbocycles. The summed E-state index contributed by atoms with van der Waals surface area (Å²) in [5, 5.41) is 6.87. The number of Topliss-reactive ketones (excluding diaryl/α,β-unsaturated/α-hetero) is 8. The summed E-state index contributed by atoms with van der Waals surface area (Å²) < 4.78 is 42.6. The van der Waals surface area contributed by atoms with Crippen molar-refractivity contribution in [1.29, 1.82) is 0 Å². The number of nitrogens with one attached hydrogen (secondary N) is 1. The molecule has 1 unspecified atom stereocenters. The lowest BCUT2D eigenvalue weighted by molar-refractivity contribution is -0.112. The number of aromatic amines is 1. The summed E-state index contributed by atoms with van der Waals surface area (Å²) >= 11 is 5.76. The van der Waals surface area contributed by atoms with Crippen LogP contribution >= 0.6 is 47.0 Å². The van der Waals surface area contributed by atoms with E-state index in [2.05, 4.69) is 49.2 Å². The predicted octanol–water partition coefficient (Wildman–Crippen LogP) is 14.5. The zero-order valence-corrected chi connectivity index (χ0v) is 71.0. The van der Waals surface area contributed by atoms with Gasteiger partial charge in [0, 0.05) is 241 Å². The van der Waals surface area contributed by atoms with Gasteiger partial charge >= 0.3 is 12.2 Å². The molecular formula is C94H88N8O17S4. The molecule has 29 heteroatoms. The third kappa shape index (κ3) is 16.9. The second-order valence-electron chi connectivity index (χ2n) is 32.9. The van der Waals surface area contributed by atoms with Gasteiger partial charge in [-0.2, -0.15) is 5.10 Å². The largest absolute Gasteiger partial charge is 0.484 e. The van der Waals surface area contributed by atoms with Crippen LogP contribution in [0.25, 0.3) is 34.2 Å². The van der Waals surface area contributed by atoms with Gasteiger partial charge < -0.3 is 52.8 Å². The number of fused-ring (bicyclic) bond motifs is 8. The van der Waals surface area contributed by atoms with E-state index in [0.29, 0.717) is 157 Å². The van der Waals surface area contributed by atoms with Gasteiger partial charge in [-0.15, -0.1) is 47.0 Å². The molecule has 1 atom stereocenters. The summed E-state index contributed by atoms with van der Waals surface area (Å²) in [6.45, 7) is 8.56. The number of hydrogen-bond donors (Lipinski definition) is 1. The van der Waals surface area contributed by atoms with Crippen molar-refractivity contribution in [3.05, 3.63) is 252 Å². The Morgan fingerprint density at radius 3 is 1.23 bits per heavy atom. The summed E-state index contributed by atoms with van der Waals surface area (Å²) in [4.78, 5) is 141. The van der Waals surface area contributed by atoms with Crippen molar-refractivity contribution >= 4 is 134 Å². The van der Waals surface area contributed by atoms with Gasteiger partial charge in [0.25, 0.3) is 0 Å². The van der Waals surface area contributed by atoms with Crippen molar-refractivity contribution < 1.29 is 81.1 Å². The van der Waals surface area contributed by atoms with E-state index in [4.69, 9.17) is 33.2 Å². The van der Waals surface area contributed by atoms with Crippen molar-refractivity contribution in [3.8, 4) is 22.8 Å². The van der Waals surface area contributed by atoms with E-state index in [1.807, 2.05) is 98.1 Å². The van der Waals surface area contributed by atoms with Gasteiger partial charge in [-0.05, 0) is 42.2 Å². The van der Waals surface area contributed by atoms with E-state index in [0.717, 1.165) is 112 Å². The summed E-state index contributed by atoms with van der Waals surface area (Å²) in [7, 11) is 3.87. The number of rotatable bonds is 8. The summed E-state index contributed by atoms with van der Waals surface area (Å²) in [6.07, 6.45) is 13.3. The summed E-state index contributed by atoms with van der Waals surface area (Å²) in [6, 6.07) is 49.9. The number of hydrogen-bond acceptors (Lipinski definition) is 26. The quantitative estimate of drug-likeness (QED) is 0.138. The van der Waals surface area contributed by atoms with E-state index in [9.17, 15) is 47.9 Å². The van der Waals surface area contributed by atoms with Crippen molar-refractivity contribution in [3.63, 3.8) is 0 Å². The Balaban J connectivity index is 0.000000112. The molecule has 5 fully saturated rings. The maximum atomic E-state index is 12.7. The minimum absolute atomic E-state index is 0.246. The Labute approximate surface area is 727 Å². The Morgan fingerprint density at radius 1 is 0.447 bits per heavy atom. The lowest BCUT2D eigenvalue weighted by Crippen LogP contribution is -2.51. The minimum Gasteiger partial charge on any atom is -0.484 e. The van der Waals surface area contributed by atoms with Crippen LogP contribution in [0.15, 0.2) is 202 Å². The standard InChI is InChI=1S/C26H23N3O3S.C25H24N2O5S.C22H18N2O5S.C21H23NO4S/c30-22-20-3-1-2-4-21(20)24-25(23(22)31)33-16-26(32-24)9-11-29(12-10-26)15-17-5-7-18(8-6-17)19-13-27-28-14-19;1-26(2)16-6-5-7-17(14-16)31-24(30)27-12-10-25(11-13-27)15-33-23-21(29)20(28)18-8-3-4-9-19(18)22(23)32-25;25-17-14-5-1-2-6-15(14)19-20(18(17)26)30-13-22(29-19)8-11-24(12-9-22)21(27)28-16-7-3-4-10-23-16;23-17-15-5-1-2-6-16(15)19-20(18(17)24)27-13-21(26-19)7-9-22(10-8-21)12-14-4-3-11-25-14/h1-8,13-14H,9-12,15-16H2,(H,27,28);3-9,14H,10-13,15H2,1-2H3;1-7,10H,8-9,11-13H2;1-2,5-6,14H,3-4,7-13H2. The van der Waals surface area contributed by atoms with Crippen LogP contribution < -0.4 is 14.4 Å². The number of carbonyl (C=O) groups excluding carboxylic acids is 10.